The normalized spacial score (nSPS) is 15.1. The van der Waals surface area contributed by atoms with Crippen LogP contribution in [0.3, 0.4) is 0 Å². The fourth-order valence-corrected chi connectivity index (χ4v) is 3.95. The molecule has 0 aliphatic carbocycles. The Balaban J connectivity index is 1.38. The van der Waals surface area contributed by atoms with E-state index in [9.17, 15) is 5.11 Å². The average Bonchev–Trinajstić information content (AvgIpc) is 3.06. The highest BCUT2D eigenvalue weighted by Gasteiger charge is 2.23. The standard InChI is InChI=1S/C24H23N3O/c1-16-25-23-10-9-21(12-24(23)26-16)19-7-5-18(6-8-19)20-4-2-3-17(11-20)13-27-14-22(28)15-27/h2-12,22,28H,13-15H2,1H3,(H,25,26). The zero-order chi connectivity index (χ0) is 19.1. The Labute approximate surface area is 164 Å². The van der Waals surface area contributed by atoms with E-state index in [-0.39, 0.29) is 6.10 Å². The molecule has 0 atom stereocenters. The number of aliphatic hydroxyl groups is 1. The second-order valence-electron chi connectivity index (χ2n) is 7.68. The summed E-state index contributed by atoms with van der Waals surface area (Å²) in [7, 11) is 0. The lowest BCUT2D eigenvalue weighted by Gasteiger charge is -2.35. The maximum atomic E-state index is 9.46. The zero-order valence-corrected chi connectivity index (χ0v) is 15.9. The molecule has 28 heavy (non-hydrogen) atoms. The van der Waals surface area contributed by atoms with Gasteiger partial charge in [0, 0.05) is 19.6 Å². The van der Waals surface area contributed by atoms with E-state index in [1.54, 1.807) is 0 Å². The summed E-state index contributed by atoms with van der Waals surface area (Å²) >= 11 is 0. The van der Waals surface area contributed by atoms with E-state index >= 15 is 0 Å². The molecule has 0 amide bonds. The van der Waals surface area contributed by atoms with E-state index in [1.165, 1.54) is 27.8 Å². The number of nitrogens with zero attached hydrogens (tertiary/aromatic N) is 2. The zero-order valence-electron chi connectivity index (χ0n) is 15.9. The largest absolute Gasteiger partial charge is 0.390 e. The molecule has 1 saturated heterocycles. The van der Waals surface area contributed by atoms with Gasteiger partial charge < -0.3 is 10.1 Å². The summed E-state index contributed by atoms with van der Waals surface area (Å²) in [6, 6.07) is 23.8. The van der Waals surface area contributed by atoms with E-state index in [1.807, 2.05) is 6.92 Å². The predicted octanol–water partition coefficient (Wildman–Crippen LogP) is 4.38. The van der Waals surface area contributed by atoms with E-state index in [2.05, 4.69) is 81.6 Å². The maximum absolute atomic E-state index is 9.46. The quantitative estimate of drug-likeness (QED) is 0.561. The van der Waals surface area contributed by atoms with Gasteiger partial charge in [0.05, 0.1) is 17.1 Å². The second-order valence-corrected chi connectivity index (χ2v) is 7.68. The van der Waals surface area contributed by atoms with Crippen LogP contribution in [0, 0.1) is 6.92 Å². The van der Waals surface area contributed by atoms with Crippen LogP contribution >= 0.6 is 0 Å². The van der Waals surface area contributed by atoms with Crippen LogP contribution in [-0.4, -0.2) is 39.2 Å². The van der Waals surface area contributed by atoms with Gasteiger partial charge in [-0.1, -0.05) is 48.5 Å². The van der Waals surface area contributed by atoms with E-state index < -0.39 is 0 Å². The molecule has 0 unspecified atom stereocenters. The lowest BCUT2D eigenvalue weighted by molar-refractivity contribution is -0.00285. The summed E-state index contributed by atoms with van der Waals surface area (Å²) in [5.41, 5.74) is 8.19. The minimum absolute atomic E-state index is 0.152. The molecule has 1 aliphatic heterocycles. The van der Waals surface area contributed by atoms with Gasteiger partial charge in [-0.3, -0.25) is 4.90 Å². The first kappa shape index (κ1) is 17.2. The highest BCUT2D eigenvalue weighted by molar-refractivity contribution is 5.82. The van der Waals surface area contributed by atoms with E-state index in [0.29, 0.717) is 0 Å². The van der Waals surface area contributed by atoms with Crippen LogP contribution in [0.15, 0.2) is 66.7 Å². The molecular weight excluding hydrogens is 346 g/mol. The third kappa shape index (κ3) is 3.33. The smallest absolute Gasteiger partial charge is 0.104 e. The molecule has 0 bridgehead atoms. The first-order valence-corrected chi connectivity index (χ1v) is 9.70. The van der Waals surface area contributed by atoms with E-state index in [0.717, 1.165) is 36.5 Å². The van der Waals surface area contributed by atoms with Crippen molar-refractivity contribution in [1.82, 2.24) is 14.9 Å². The lowest BCUT2D eigenvalue weighted by Crippen LogP contribution is -2.49. The number of H-pyrrole nitrogens is 1. The van der Waals surface area contributed by atoms with Gasteiger partial charge in [0.1, 0.15) is 5.82 Å². The monoisotopic (exact) mass is 369 g/mol. The topological polar surface area (TPSA) is 52.1 Å². The molecule has 0 spiro atoms. The Morgan fingerprint density at radius 2 is 1.61 bits per heavy atom. The highest BCUT2D eigenvalue weighted by Crippen LogP contribution is 2.27. The number of nitrogens with one attached hydrogen (secondary N) is 1. The van der Waals surface area contributed by atoms with Crippen LogP contribution in [0.4, 0.5) is 0 Å². The number of aryl methyl sites for hydroxylation is 1. The van der Waals surface area contributed by atoms with Gasteiger partial charge in [0.15, 0.2) is 0 Å². The number of hydrogen-bond donors (Lipinski definition) is 2. The molecule has 140 valence electrons. The highest BCUT2D eigenvalue weighted by atomic mass is 16.3. The number of likely N-dealkylation sites (tertiary alicyclic amines) is 1. The molecule has 1 fully saturated rings. The van der Waals surface area contributed by atoms with Crippen molar-refractivity contribution >= 4 is 11.0 Å². The molecule has 2 N–H and O–H groups in total. The summed E-state index contributed by atoms with van der Waals surface area (Å²) < 4.78 is 0. The molecule has 0 saturated carbocycles. The Morgan fingerprint density at radius 1 is 0.929 bits per heavy atom. The second kappa shape index (κ2) is 6.89. The minimum Gasteiger partial charge on any atom is -0.390 e. The van der Waals surface area contributed by atoms with Gasteiger partial charge in [0.2, 0.25) is 0 Å². The molecule has 4 nitrogen and oxygen atoms in total. The molecule has 0 radical (unpaired) electrons. The Bertz CT molecular complexity index is 1120. The van der Waals surface area contributed by atoms with Crippen molar-refractivity contribution in [3.63, 3.8) is 0 Å². The van der Waals surface area contributed by atoms with Crippen molar-refractivity contribution in [2.75, 3.05) is 13.1 Å². The number of imidazole rings is 1. The van der Waals surface area contributed by atoms with Gasteiger partial charge in [-0.15, -0.1) is 0 Å². The molecule has 5 rings (SSSR count). The fourth-order valence-electron chi connectivity index (χ4n) is 3.95. The molecule has 2 heterocycles. The van der Waals surface area contributed by atoms with Gasteiger partial charge >= 0.3 is 0 Å². The van der Waals surface area contributed by atoms with Gasteiger partial charge in [-0.2, -0.15) is 0 Å². The van der Waals surface area contributed by atoms with Gasteiger partial charge in [-0.25, -0.2) is 4.98 Å². The number of benzene rings is 3. The SMILES string of the molecule is Cc1nc2ccc(-c3ccc(-c4cccc(CN5CC(O)C5)c4)cc3)cc2[nH]1. The summed E-state index contributed by atoms with van der Waals surface area (Å²) in [5.74, 6) is 0.940. The summed E-state index contributed by atoms with van der Waals surface area (Å²) in [6.45, 7) is 4.43. The van der Waals surface area contributed by atoms with Crippen LogP contribution in [0.2, 0.25) is 0 Å². The summed E-state index contributed by atoms with van der Waals surface area (Å²) in [4.78, 5) is 10.0. The first-order chi connectivity index (χ1) is 13.6. The maximum Gasteiger partial charge on any atom is 0.104 e. The first-order valence-electron chi connectivity index (χ1n) is 9.70. The van der Waals surface area contributed by atoms with Crippen molar-refractivity contribution in [3.8, 4) is 22.3 Å². The summed E-state index contributed by atoms with van der Waals surface area (Å²) in [5, 5.41) is 9.46. The third-order valence-corrected chi connectivity index (χ3v) is 5.42. The predicted molar refractivity (Wildman–Crippen MR) is 113 cm³/mol. The number of aliphatic hydroxyl groups excluding tert-OH is 1. The Hall–Kier alpha value is -2.95. The van der Waals surface area contributed by atoms with E-state index in [4.69, 9.17) is 0 Å². The molecule has 1 aliphatic rings. The van der Waals surface area contributed by atoms with Crippen molar-refractivity contribution < 1.29 is 5.11 Å². The molecule has 4 aromatic rings. The van der Waals surface area contributed by atoms with Crippen molar-refractivity contribution in [2.45, 2.75) is 19.6 Å². The average molecular weight is 369 g/mol. The fraction of sp³-hybridized carbons (Fsp3) is 0.208. The minimum atomic E-state index is -0.152. The van der Waals surface area contributed by atoms with Crippen molar-refractivity contribution in [3.05, 3.63) is 78.1 Å². The number of fused-ring (bicyclic) bond motifs is 1. The van der Waals surface area contributed by atoms with Gasteiger partial charge in [0.25, 0.3) is 0 Å². The molecular formula is C24H23N3O. The number of β-amino-alcohol motifs (C(OH)–C–C–N with tert-alkyl or cyclic N) is 1. The van der Waals surface area contributed by atoms with Crippen molar-refractivity contribution in [1.29, 1.82) is 0 Å². The Morgan fingerprint density at radius 3 is 2.32 bits per heavy atom. The summed E-state index contributed by atoms with van der Waals surface area (Å²) in [6.07, 6.45) is -0.152. The number of hydrogen-bond acceptors (Lipinski definition) is 3. The molecule has 1 aromatic heterocycles. The third-order valence-electron chi connectivity index (χ3n) is 5.42. The van der Waals surface area contributed by atoms with Crippen LogP contribution in [0.5, 0.6) is 0 Å². The van der Waals surface area contributed by atoms with Gasteiger partial charge in [-0.05, 0) is 52.9 Å². The Kier molecular flexibility index (Phi) is 4.23. The van der Waals surface area contributed by atoms with Crippen molar-refractivity contribution in [2.24, 2.45) is 0 Å². The molecule has 3 aromatic carbocycles. The number of rotatable bonds is 4. The van der Waals surface area contributed by atoms with Crippen LogP contribution in [0.25, 0.3) is 33.3 Å². The number of aromatic nitrogens is 2. The lowest BCUT2D eigenvalue weighted by atomic mass is 9.98. The molecule has 4 heteroatoms. The van der Waals surface area contributed by atoms with Crippen LogP contribution in [-0.2, 0) is 6.54 Å². The van der Waals surface area contributed by atoms with Crippen LogP contribution < -0.4 is 0 Å². The number of aromatic amines is 1. The van der Waals surface area contributed by atoms with Crippen LogP contribution in [0.1, 0.15) is 11.4 Å².